The highest BCUT2D eigenvalue weighted by molar-refractivity contribution is 9.10. The summed E-state index contributed by atoms with van der Waals surface area (Å²) >= 11 is 3.25. The molecule has 1 heterocycles. The van der Waals surface area contributed by atoms with E-state index in [1.165, 1.54) is 0 Å². The van der Waals surface area contributed by atoms with Crippen LogP contribution in [-0.2, 0) is 4.79 Å². The summed E-state index contributed by atoms with van der Waals surface area (Å²) in [7, 11) is 1.55. The first-order chi connectivity index (χ1) is 9.70. The third kappa shape index (κ3) is 3.71. The number of carbonyl (C=O) groups is 1. The van der Waals surface area contributed by atoms with Crippen molar-refractivity contribution in [2.24, 2.45) is 0 Å². The normalized spacial score (nSPS) is 9.90. The predicted octanol–water partition coefficient (Wildman–Crippen LogP) is 2.87. The molecule has 0 aliphatic heterocycles. The van der Waals surface area contributed by atoms with Crippen LogP contribution in [0.4, 0.5) is 5.69 Å². The van der Waals surface area contributed by atoms with Crippen LogP contribution in [0.25, 0.3) is 0 Å². The fraction of sp³-hybridized carbons (Fsp3) is 0.143. The van der Waals surface area contributed by atoms with Crippen LogP contribution in [0.3, 0.4) is 0 Å². The minimum absolute atomic E-state index is 0.109. The lowest BCUT2D eigenvalue weighted by Crippen LogP contribution is -2.20. The number of halogens is 1. The second-order valence-corrected chi connectivity index (χ2v) is 4.58. The zero-order valence-electron chi connectivity index (χ0n) is 10.8. The van der Waals surface area contributed by atoms with Crippen molar-refractivity contribution < 1.29 is 14.3 Å². The SMILES string of the molecule is COc1ccccc1NC(=O)COc1cccnc1Br. The van der Waals surface area contributed by atoms with Crippen LogP contribution < -0.4 is 14.8 Å². The Morgan fingerprint density at radius 2 is 2.00 bits per heavy atom. The van der Waals surface area contributed by atoms with Gasteiger partial charge in [-0.15, -0.1) is 0 Å². The number of methoxy groups -OCH3 is 1. The molecule has 0 fully saturated rings. The molecule has 2 rings (SSSR count). The number of hydrogen-bond acceptors (Lipinski definition) is 4. The Hall–Kier alpha value is -2.08. The molecule has 1 N–H and O–H groups in total. The van der Waals surface area contributed by atoms with E-state index in [0.29, 0.717) is 21.8 Å². The van der Waals surface area contributed by atoms with Crippen LogP contribution in [0.1, 0.15) is 0 Å². The Morgan fingerprint density at radius 3 is 2.75 bits per heavy atom. The number of nitrogens with zero attached hydrogens (tertiary/aromatic N) is 1. The maximum absolute atomic E-state index is 11.8. The molecule has 104 valence electrons. The van der Waals surface area contributed by atoms with Gasteiger partial charge >= 0.3 is 0 Å². The number of pyridine rings is 1. The fourth-order valence-electron chi connectivity index (χ4n) is 1.56. The molecule has 1 aromatic heterocycles. The summed E-state index contributed by atoms with van der Waals surface area (Å²) in [5.41, 5.74) is 0.605. The van der Waals surface area contributed by atoms with Crippen molar-refractivity contribution in [3.8, 4) is 11.5 Å². The van der Waals surface area contributed by atoms with Crippen molar-refractivity contribution in [2.75, 3.05) is 19.0 Å². The molecule has 0 saturated heterocycles. The number of para-hydroxylation sites is 2. The first-order valence-corrected chi connectivity index (χ1v) is 6.66. The van der Waals surface area contributed by atoms with Gasteiger partial charge in [0.15, 0.2) is 12.4 Å². The molecule has 0 radical (unpaired) electrons. The minimum Gasteiger partial charge on any atom is -0.495 e. The molecule has 6 heteroatoms. The quantitative estimate of drug-likeness (QED) is 0.853. The lowest BCUT2D eigenvalue weighted by molar-refractivity contribution is -0.118. The van der Waals surface area contributed by atoms with Gasteiger partial charge in [-0.1, -0.05) is 12.1 Å². The molecular formula is C14H13BrN2O3. The highest BCUT2D eigenvalue weighted by atomic mass is 79.9. The van der Waals surface area contributed by atoms with E-state index in [9.17, 15) is 4.79 Å². The van der Waals surface area contributed by atoms with Gasteiger partial charge in [-0.2, -0.15) is 0 Å². The van der Waals surface area contributed by atoms with Gasteiger partial charge in [-0.3, -0.25) is 4.79 Å². The van der Waals surface area contributed by atoms with Crippen molar-refractivity contribution in [2.45, 2.75) is 0 Å². The molecule has 1 amide bonds. The van der Waals surface area contributed by atoms with Gasteiger partial charge < -0.3 is 14.8 Å². The van der Waals surface area contributed by atoms with Crippen molar-refractivity contribution in [1.82, 2.24) is 4.98 Å². The van der Waals surface area contributed by atoms with Crippen LogP contribution in [0.15, 0.2) is 47.2 Å². The number of amides is 1. The highest BCUT2D eigenvalue weighted by Crippen LogP contribution is 2.23. The number of hydrogen-bond donors (Lipinski definition) is 1. The zero-order valence-corrected chi connectivity index (χ0v) is 12.4. The topological polar surface area (TPSA) is 60.5 Å². The molecule has 0 unspecified atom stereocenters. The molecule has 0 atom stereocenters. The lowest BCUT2D eigenvalue weighted by atomic mass is 10.3. The minimum atomic E-state index is -0.273. The summed E-state index contributed by atoms with van der Waals surface area (Å²) in [4.78, 5) is 15.8. The Kier molecular flexibility index (Phi) is 4.95. The Balaban J connectivity index is 1.95. The molecular weight excluding hydrogens is 324 g/mol. The van der Waals surface area contributed by atoms with E-state index in [1.807, 2.05) is 12.1 Å². The monoisotopic (exact) mass is 336 g/mol. The van der Waals surface area contributed by atoms with Gasteiger partial charge in [0.25, 0.3) is 5.91 Å². The Morgan fingerprint density at radius 1 is 1.25 bits per heavy atom. The lowest BCUT2D eigenvalue weighted by Gasteiger charge is -2.10. The van der Waals surface area contributed by atoms with Crippen molar-refractivity contribution in [3.05, 3.63) is 47.2 Å². The second kappa shape index (κ2) is 6.91. The van der Waals surface area contributed by atoms with Crippen LogP contribution in [0, 0.1) is 0 Å². The van der Waals surface area contributed by atoms with Crippen molar-refractivity contribution in [1.29, 1.82) is 0 Å². The number of aromatic nitrogens is 1. The van der Waals surface area contributed by atoms with E-state index in [0.717, 1.165) is 0 Å². The summed E-state index contributed by atoms with van der Waals surface area (Å²) in [6.45, 7) is -0.109. The van der Waals surface area contributed by atoms with E-state index >= 15 is 0 Å². The summed E-state index contributed by atoms with van der Waals surface area (Å²) in [5.74, 6) is 0.844. The van der Waals surface area contributed by atoms with Crippen LogP contribution in [0.2, 0.25) is 0 Å². The molecule has 5 nitrogen and oxygen atoms in total. The average molecular weight is 337 g/mol. The molecule has 0 spiro atoms. The van der Waals surface area contributed by atoms with Gasteiger partial charge in [0, 0.05) is 6.20 Å². The summed E-state index contributed by atoms with van der Waals surface area (Å²) in [6, 6.07) is 10.6. The van der Waals surface area contributed by atoms with Gasteiger partial charge in [0.05, 0.1) is 12.8 Å². The average Bonchev–Trinajstić information content (AvgIpc) is 2.47. The number of rotatable bonds is 5. The number of carbonyl (C=O) groups excluding carboxylic acids is 1. The highest BCUT2D eigenvalue weighted by Gasteiger charge is 2.08. The maximum Gasteiger partial charge on any atom is 0.262 e. The molecule has 0 aliphatic carbocycles. The van der Waals surface area contributed by atoms with E-state index in [-0.39, 0.29) is 12.5 Å². The largest absolute Gasteiger partial charge is 0.495 e. The number of benzene rings is 1. The van der Waals surface area contributed by atoms with Crippen molar-refractivity contribution in [3.63, 3.8) is 0 Å². The predicted molar refractivity (Wildman–Crippen MR) is 79.1 cm³/mol. The zero-order chi connectivity index (χ0) is 14.4. The second-order valence-electron chi connectivity index (χ2n) is 3.83. The third-order valence-corrected chi connectivity index (χ3v) is 3.06. The molecule has 2 aromatic rings. The van der Waals surface area contributed by atoms with Gasteiger partial charge in [0.1, 0.15) is 10.4 Å². The van der Waals surface area contributed by atoms with E-state index in [4.69, 9.17) is 9.47 Å². The van der Waals surface area contributed by atoms with Crippen LogP contribution in [-0.4, -0.2) is 24.6 Å². The summed E-state index contributed by atoms with van der Waals surface area (Å²) in [6.07, 6.45) is 1.63. The summed E-state index contributed by atoms with van der Waals surface area (Å²) in [5, 5.41) is 2.73. The molecule has 0 aliphatic rings. The molecule has 20 heavy (non-hydrogen) atoms. The maximum atomic E-state index is 11.8. The number of ether oxygens (including phenoxy) is 2. The first-order valence-electron chi connectivity index (χ1n) is 5.87. The van der Waals surface area contributed by atoms with Gasteiger partial charge in [0.2, 0.25) is 0 Å². The van der Waals surface area contributed by atoms with E-state index < -0.39 is 0 Å². The summed E-state index contributed by atoms with van der Waals surface area (Å²) < 4.78 is 11.1. The van der Waals surface area contributed by atoms with Crippen LogP contribution >= 0.6 is 15.9 Å². The first kappa shape index (κ1) is 14.3. The van der Waals surface area contributed by atoms with E-state index in [2.05, 4.69) is 26.2 Å². The standard InChI is InChI=1S/C14H13BrN2O3/c1-19-11-6-3-2-5-10(11)17-13(18)9-20-12-7-4-8-16-14(12)15/h2-8H,9H2,1H3,(H,17,18). The Labute approximate surface area is 125 Å². The Bertz CT molecular complexity index is 604. The molecule has 1 aromatic carbocycles. The van der Waals surface area contributed by atoms with Gasteiger partial charge in [-0.25, -0.2) is 4.98 Å². The smallest absolute Gasteiger partial charge is 0.262 e. The van der Waals surface area contributed by atoms with E-state index in [1.54, 1.807) is 37.6 Å². The third-order valence-electron chi connectivity index (χ3n) is 2.46. The molecule has 0 saturated carbocycles. The number of anilines is 1. The fourth-order valence-corrected chi connectivity index (χ4v) is 1.92. The number of nitrogens with one attached hydrogen (secondary N) is 1. The van der Waals surface area contributed by atoms with Gasteiger partial charge in [-0.05, 0) is 40.2 Å². The van der Waals surface area contributed by atoms with Crippen molar-refractivity contribution >= 4 is 27.5 Å². The van der Waals surface area contributed by atoms with Crippen LogP contribution in [0.5, 0.6) is 11.5 Å². The molecule has 0 bridgehead atoms.